The van der Waals surface area contributed by atoms with E-state index in [4.69, 9.17) is 4.74 Å². The predicted octanol–water partition coefficient (Wildman–Crippen LogP) is 2.59. The van der Waals surface area contributed by atoms with Crippen LogP contribution in [0, 0.1) is 5.82 Å². The van der Waals surface area contributed by atoms with Crippen LogP contribution in [0.4, 0.5) is 14.9 Å². The fourth-order valence-electron chi connectivity index (χ4n) is 3.22. The van der Waals surface area contributed by atoms with E-state index in [0.717, 1.165) is 15.8 Å². The molecule has 1 aliphatic heterocycles. The normalized spacial score (nSPS) is 16.0. The molecule has 0 unspecified atom stereocenters. The Morgan fingerprint density at radius 3 is 2.90 bits per heavy atom. The number of benzene rings is 2. The highest BCUT2D eigenvalue weighted by Gasteiger charge is 2.30. The van der Waals surface area contributed by atoms with Gasteiger partial charge >= 0.3 is 6.03 Å². The van der Waals surface area contributed by atoms with Crippen LogP contribution in [0.15, 0.2) is 60.9 Å². The van der Waals surface area contributed by atoms with E-state index < -0.39 is 12.1 Å². The molecule has 0 bridgehead atoms. The van der Waals surface area contributed by atoms with Gasteiger partial charge in [0, 0.05) is 19.7 Å². The largest absolute Gasteiger partial charge is 0.489 e. The Labute approximate surface area is 166 Å². The molecule has 2 amide bonds. The predicted molar refractivity (Wildman–Crippen MR) is 104 cm³/mol. The molecule has 0 saturated carbocycles. The molecule has 0 spiro atoms. The average molecular weight is 394 g/mol. The third kappa shape index (κ3) is 3.96. The van der Waals surface area contributed by atoms with Crippen LogP contribution in [-0.2, 0) is 11.2 Å². The number of nitrogens with one attached hydrogen (secondary N) is 1. The molecule has 0 radical (unpaired) electrons. The minimum absolute atomic E-state index is 0.0172. The molecule has 1 aromatic heterocycles. The number of hydrogen-bond acceptors (Lipinski definition) is 4. The summed E-state index contributed by atoms with van der Waals surface area (Å²) in [6.45, 7) is 0.0172. The molecule has 1 aliphatic rings. The van der Waals surface area contributed by atoms with Crippen LogP contribution in [0.1, 0.15) is 11.1 Å². The van der Waals surface area contributed by atoms with E-state index in [-0.39, 0.29) is 18.3 Å². The molecule has 29 heavy (non-hydrogen) atoms. The number of anilines is 1. The number of hydrogen-bond donors (Lipinski definition) is 1. The van der Waals surface area contributed by atoms with E-state index in [0.29, 0.717) is 17.9 Å². The number of carbonyl (C=O) groups is 2. The maximum atomic E-state index is 13.3. The molecule has 4 rings (SSSR count). The minimum Gasteiger partial charge on any atom is -0.489 e. The third-order valence-electron chi connectivity index (χ3n) is 4.70. The second-order valence-corrected chi connectivity index (χ2v) is 6.78. The van der Waals surface area contributed by atoms with Crippen LogP contribution in [0.2, 0.25) is 0 Å². The Kier molecular flexibility index (Phi) is 4.99. The summed E-state index contributed by atoms with van der Waals surface area (Å²) in [4.78, 5) is 26.8. The van der Waals surface area contributed by atoms with Crippen molar-refractivity contribution in [2.24, 2.45) is 0 Å². The van der Waals surface area contributed by atoms with Gasteiger partial charge in [0.25, 0.3) is 5.91 Å². The smallest absolute Gasteiger partial charge is 0.342 e. The van der Waals surface area contributed by atoms with Crippen molar-refractivity contribution in [1.29, 1.82) is 0 Å². The maximum absolute atomic E-state index is 13.3. The first-order chi connectivity index (χ1) is 14.0. The van der Waals surface area contributed by atoms with Crippen LogP contribution in [0.25, 0.3) is 0 Å². The maximum Gasteiger partial charge on any atom is 0.342 e. The van der Waals surface area contributed by atoms with Crippen molar-refractivity contribution >= 4 is 17.6 Å². The summed E-state index contributed by atoms with van der Waals surface area (Å²) < 4.78 is 20.1. The van der Waals surface area contributed by atoms with Crippen LogP contribution in [0.3, 0.4) is 0 Å². The van der Waals surface area contributed by atoms with Crippen LogP contribution in [-0.4, -0.2) is 41.4 Å². The lowest BCUT2D eigenvalue weighted by Crippen LogP contribution is -2.50. The molecule has 2 heterocycles. The summed E-state index contributed by atoms with van der Waals surface area (Å²) in [6, 6.07) is 12.0. The van der Waals surface area contributed by atoms with Crippen LogP contribution in [0.5, 0.6) is 5.75 Å². The third-order valence-corrected chi connectivity index (χ3v) is 4.70. The van der Waals surface area contributed by atoms with E-state index in [1.54, 1.807) is 37.5 Å². The Morgan fingerprint density at radius 1 is 1.24 bits per heavy atom. The second kappa shape index (κ2) is 7.75. The van der Waals surface area contributed by atoms with Gasteiger partial charge < -0.3 is 15.0 Å². The molecule has 1 atom stereocenters. The number of nitrogens with zero attached hydrogens (tertiary/aromatic N) is 3. The molecule has 0 fully saturated rings. The van der Waals surface area contributed by atoms with Crippen molar-refractivity contribution in [3.8, 4) is 5.75 Å². The molecule has 8 heteroatoms. The van der Waals surface area contributed by atoms with Gasteiger partial charge in [-0.15, -0.1) is 0 Å². The van der Waals surface area contributed by atoms with E-state index in [1.807, 2.05) is 12.1 Å². The van der Waals surface area contributed by atoms with Gasteiger partial charge in [0.1, 0.15) is 24.2 Å². The number of amides is 2. The van der Waals surface area contributed by atoms with Gasteiger partial charge in [-0.1, -0.05) is 24.3 Å². The summed E-state index contributed by atoms with van der Waals surface area (Å²) in [5.74, 6) is -0.0170. The van der Waals surface area contributed by atoms with E-state index in [2.05, 4.69) is 10.4 Å². The summed E-state index contributed by atoms with van der Waals surface area (Å²) in [5, 5.41) is 6.71. The van der Waals surface area contributed by atoms with E-state index in [1.165, 1.54) is 23.2 Å². The van der Waals surface area contributed by atoms with Crippen molar-refractivity contribution in [2.45, 2.75) is 12.5 Å². The number of carbonyl (C=O) groups excluding carboxylic acids is 2. The number of halogens is 1. The summed E-state index contributed by atoms with van der Waals surface area (Å²) in [5.41, 5.74) is 2.17. The average Bonchev–Trinajstić information content (AvgIpc) is 3.14. The van der Waals surface area contributed by atoms with Gasteiger partial charge in [-0.3, -0.25) is 4.79 Å². The first-order valence-corrected chi connectivity index (χ1v) is 9.09. The SMILES string of the molecule is CN1C(=O)[C@@H](NC(=O)n2cc(Cc3cccc(F)c3)cn2)COc2ccccc21. The van der Waals surface area contributed by atoms with Crippen molar-refractivity contribution < 1.29 is 18.7 Å². The van der Waals surface area contributed by atoms with Crippen molar-refractivity contribution in [1.82, 2.24) is 15.1 Å². The summed E-state index contributed by atoms with van der Waals surface area (Å²) in [6.07, 6.45) is 3.53. The number of rotatable bonds is 3. The highest BCUT2D eigenvalue weighted by Crippen LogP contribution is 2.29. The number of para-hydroxylation sites is 2. The molecule has 7 nitrogen and oxygen atoms in total. The highest BCUT2D eigenvalue weighted by atomic mass is 19.1. The Hall–Kier alpha value is -3.68. The molecular formula is C21H19FN4O3. The highest BCUT2D eigenvalue weighted by molar-refractivity contribution is 6.00. The van der Waals surface area contributed by atoms with Crippen molar-refractivity contribution in [2.75, 3.05) is 18.6 Å². The van der Waals surface area contributed by atoms with Crippen LogP contribution >= 0.6 is 0 Å². The standard InChI is InChI=1S/C21H19FN4O3/c1-25-18-7-2-3-8-19(18)29-13-17(20(25)27)24-21(28)26-12-15(11-23-26)9-14-5-4-6-16(22)10-14/h2-8,10-12,17H,9,13H2,1H3,(H,24,28)/t17-/m0/s1. The lowest BCUT2D eigenvalue weighted by molar-refractivity contribution is -0.120. The quantitative estimate of drug-likeness (QED) is 0.741. The molecule has 0 aliphatic carbocycles. The first kappa shape index (κ1) is 18.7. The molecule has 1 N–H and O–H groups in total. The van der Waals surface area contributed by atoms with Gasteiger partial charge in [0.15, 0.2) is 0 Å². The Bertz CT molecular complexity index is 1070. The number of likely N-dealkylation sites (N-methyl/N-ethyl adjacent to an activating group) is 1. The van der Waals surface area contributed by atoms with Crippen molar-refractivity contribution in [3.05, 3.63) is 77.9 Å². The lowest BCUT2D eigenvalue weighted by atomic mass is 10.1. The fourth-order valence-corrected chi connectivity index (χ4v) is 3.22. The first-order valence-electron chi connectivity index (χ1n) is 9.09. The minimum atomic E-state index is -0.851. The summed E-state index contributed by atoms with van der Waals surface area (Å²) in [7, 11) is 1.64. The zero-order chi connectivity index (χ0) is 20.4. The van der Waals surface area contributed by atoms with Gasteiger partial charge in [0.2, 0.25) is 0 Å². The zero-order valence-corrected chi connectivity index (χ0v) is 15.7. The van der Waals surface area contributed by atoms with Crippen LogP contribution < -0.4 is 15.0 Å². The number of fused-ring (bicyclic) bond motifs is 1. The van der Waals surface area contributed by atoms with E-state index in [9.17, 15) is 14.0 Å². The Morgan fingerprint density at radius 2 is 2.07 bits per heavy atom. The molecular weight excluding hydrogens is 375 g/mol. The molecule has 3 aromatic rings. The van der Waals surface area contributed by atoms with Crippen molar-refractivity contribution in [3.63, 3.8) is 0 Å². The number of aromatic nitrogens is 2. The van der Waals surface area contributed by atoms with E-state index >= 15 is 0 Å². The molecule has 0 saturated heterocycles. The second-order valence-electron chi connectivity index (χ2n) is 6.78. The zero-order valence-electron chi connectivity index (χ0n) is 15.7. The van der Waals surface area contributed by atoms with Gasteiger partial charge in [-0.05, 0) is 35.4 Å². The topological polar surface area (TPSA) is 76.5 Å². The lowest BCUT2D eigenvalue weighted by Gasteiger charge is -2.20. The van der Waals surface area contributed by atoms with Gasteiger partial charge in [0.05, 0.1) is 11.9 Å². The fraction of sp³-hybridized carbons (Fsp3) is 0.190. The molecule has 148 valence electrons. The monoisotopic (exact) mass is 394 g/mol. The number of ether oxygens (including phenoxy) is 1. The van der Waals surface area contributed by atoms with Gasteiger partial charge in [-0.2, -0.15) is 9.78 Å². The summed E-state index contributed by atoms with van der Waals surface area (Å²) >= 11 is 0. The van der Waals surface area contributed by atoms with Gasteiger partial charge in [-0.25, -0.2) is 9.18 Å². The molecule has 2 aromatic carbocycles. The Balaban J connectivity index is 1.44.